The Kier molecular flexibility index (Phi) is 7.16. The van der Waals surface area contributed by atoms with Crippen LogP contribution in [-0.2, 0) is 14.8 Å². The lowest BCUT2D eigenvalue weighted by Crippen LogP contribution is -2.39. The van der Waals surface area contributed by atoms with E-state index in [1.165, 1.54) is 19.2 Å². The van der Waals surface area contributed by atoms with Crippen molar-refractivity contribution in [2.24, 2.45) is 0 Å². The predicted octanol–water partition coefficient (Wildman–Crippen LogP) is 2.66. The summed E-state index contributed by atoms with van der Waals surface area (Å²) in [4.78, 5) is 11.8. The normalized spacial score (nSPS) is 12.0. The largest absolute Gasteiger partial charge is 0.494 e. The number of carbonyl (C=O) groups excluding carboxylic acids is 1. The first-order chi connectivity index (χ1) is 11.1. The Bertz CT molecular complexity index is 669. The number of ether oxygens (including phenoxy) is 1. The van der Waals surface area contributed by atoms with Gasteiger partial charge in [0.05, 0.1) is 11.9 Å². The van der Waals surface area contributed by atoms with E-state index >= 15 is 0 Å². The Hall–Kier alpha value is -1.67. The molecule has 0 aliphatic rings. The van der Waals surface area contributed by atoms with Crippen molar-refractivity contribution in [3.8, 4) is 5.75 Å². The molecule has 24 heavy (non-hydrogen) atoms. The van der Waals surface area contributed by atoms with Crippen LogP contribution in [0.1, 0.15) is 40.0 Å². The Morgan fingerprint density at radius 2 is 1.92 bits per heavy atom. The lowest BCUT2D eigenvalue weighted by molar-refractivity contribution is -0.116. The summed E-state index contributed by atoms with van der Waals surface area (Å²) in [5.41, 5.74) is 0.353. The van der Waals surface area contributed by atoms with Crippen LogP contribution in [-0.4, -0.2) is 32.7 Å². The first-order valence-electron chi connectivity index (χ1n) is 7.69. The van der Waals surface area contributed by atoms with Gasteiger partial charge in [0.1, 0.15) is 0 Å². The minimum atomic E-state index is -3.36. The summed E-state index contributed by atoms with van der Waals surface area (Å²) in [6, 6.07) is 4.18. The zero-order valence-corrected chi connectivity index (χ0v) is 15.3. The SMILES string of the molecule is COc1ccc(NC(=O)CCCCNS(=O)(=O)C(C)(C)C)cc1F. The van der Waals surface area contributed by atoms with E-state index in [-0.39, 0.29) is 24.6 Å². The predicted molar refractivity (Wildman–Crippen MR) is 92.1 cm³/mol. The van der Waals surface area contributed by atoms with E-state index in [1.807, 2.05) is 0 Å². The van der Waals surface area contributed by atoms with E-state index < -0.39 is 20.6 Å². The Labute approximate surface area is 142 Å². The van der Waals surface area contributed by atoms with Gasteiger partial charge in [-0.25, -0.2) is 17.5 Å². The second-order valence-corrected chi connectivity index (χ2v) is 8.89. The number of unbranched alkanes of at least 4 members (excludes halogenated alkanes) is 1. The summed E-state index contributed by atoms with van der Waals surface area (Å²) < 4.78 is 43.7. The van der Waals surface area contributed by atoms with Crippen LogP contribution in [0.15, 0.2) is 18.2 Å². The van der Waals surface area contributed by atoms with Crippen LogP contribution < -0.4 is 14.8 Å². The molecule has 0 aliphatic heterocycles. The number of carbonyl (C=O) groups is 1. The zero-order chi connectivity index (χ0) is 18.4. The van der Waals surface area contributed by atoms with Gasteiger partial charge in [-0.2, -0.15) is 0 Å². The Morgan fingerprint density at radius 3 is 2.46 bits per heavy atom. The highest BCUT2D eigenvalue weighted by Gasteiger charge is 2.27. The fraction of sp³-hybridized carbons (Fsp3) is 0.562. The molecule has 1 rings (SSSR count). The molecule has 8 heteroatoms. The molecule has 1 aromatic rings. The third kappa shape index (κ3) is 6.09. The second kappa shape index (κ2) is 8.43. The van der Waals surface area contributed by atoms with Gasteiger partial charge in [0.25, 0.3) is 0 Å². The summed E-state index contributed by atoms with van der Waals surface area (Å²) in [7, 11) is -2.00. The quantitative estimate of drug-likeness (QED) is 0.698. The highest BCUT2D eigenvalue weighted by atomic mass is 32.2. The van der Waals surface area contributed by atoms with Crippen molar-refractivity contribution in [1.29, 1.82) is 0 Å². The van der Waals surface area contributed by atoms with E-state index in [0.717, 1.165) is 0 Å². The number of anilines is 1. The molecule has 136 valence electrons. The zero-order valence-electron chi connectivity index (χ0n) is 14.5. The molecular weight excluding hydrogens is 335 g/mol. The third-order valence-electron chi connectivity index (χ3n) is 3.36. The molecule has 0 fully saturated rings. The van der Waals surface area contributed by atoms with Crippen molar-refractivity contribution in [3.05, 3.63) is 24.0 Å². The molecule has 0 unspecified atom stereocenters. The van der Waals surface area contributed by atoms with Crippen LogP contribution in [0.4, 0.5) is 10.1 Å². The van der Waals surface area contributed by atoms with Gasteiger partial charge in [-0.3, -0.25) is 4.79 Å². The van der Waals surface area contributed by atoms with Crippen molar-refractivity contribution >= 4 is 21.6 Å². The monoisotopic (exact) mass is 360 g/mol. The van der Waals surface area contributed by atoms with E-state index in [0.29, 0.717) is 18.5 Å². The molecule has 1 aromatic carbocycles. The van der Waals surface area contributed by atoms with Gasteiger partial charge < -0.3 is 10.1 Å². The van der Waals surface area contributed by atoms with E-state index in [4.69, 9.17) is 4.74 Å². The average molecular weight is 360 g/mol. The summed E-state index contributed by atoms with van der Waals surface area (Å²) in [5, 5.41) is 2.59. The number of nitrogens with one attached hydrogen (secondary N) is 2. The lowest BCUT2D eigenvalue weighted by Gasteiger charge is -2.19. The van der Waals surface area contributed by atoms with Crippen LogP contribution in [0, 0.1) is 5.82 Å². The summed E-state index contributed by atoms with van der Waals surface area (Å²) >= 11 is 0. The number of sulfonamides is 1. The highest BCUT2D eigenvalue weighted by Crippen LogP contribution is 2.20. The average Bonchev–Trinajstić information content (AvgIpc) is 2.45. The van der Waals surface area contributed by atoms with E-state index in [2.05, 4.69) is 10.0 Å². The van der Waals surface area contributed by atoms with Crippen LogP contribution in [0.2, 0.25) is 0 Å². The van der Waals surface area contributed by atoms with Gasteiger partial charge >= 0.3 is 0 Å². The van der Waals surface area contributed by atoms with Gasteiger partial charge in [-0.1, -0.05) is 0 Å². The second-order valence-electron chi connectivity index (χ2n) is 6.36. The maximum absolute atomic E-state index is 13.5. The molecule has 1 amide bonds. The smallest absolute Gasteiger partial charge is 0.224 e. The van der Waals surface area contributed by atoms with Crippen molar-refractivity contribution in [2.45, 2.75) is 44.8 Å². The van der Waals surface area contributed by atoms with Gasteiger partial charge in [-0.15, -0.1) is 0 Å². The summed E-state index contributed by atoms with van der Waals surface area (Å²) in [5.74, 6) is -0.690. The van der Waals surface area contributed by atoms with Gasteiger partial charge in [0.2, 0.25) is 15.9 Å². The summed E-state index contributed by atoms with van der Waals surface area (Å²) in [6.45, 7) is 5.15. The van der Waals surface area contributed by atoms with Crippen molar-refractivity contribution in [3.63, 3.8) is 0 Å². The number of hydrogen-bond donors (Lipinski definition) is 2. The minimum Gasteiger partial charge on any atom is -0.494 e. The van der Waals surface area contributed by atoms with Crippen LogP contribution in [0.25, 0.3) is 0 Å². The maximum Gasteiger partial charge on any atom is 0.224 e. The molecule has 0 heterocycles. The molecular formula is C16H25FN2O4S. The van der Waals surface area contributed by atoms with Gasteiger partial charge in [-0.05, 0) is 45.7 Å². The molecule has 0 saturated heterocycles. The minimum absolute atomic E-state index is 0.110. The number of benzene rings is 1. The first kappa shape index (κ1) is 20.4. The molecule has 0 aliphatic carbocycles. The number of rotatable bonds is 8. The number of halogens is 1. The van der Waals surface area contributed by atoms with Crippen molar-refractivity contribution in [2.75, 3.05) is 19.0 Å². The molecule has 0 radical (unpaired) electrons. The van der Waals surface area contributed by atoms with Crippen molar-refractivity contribution < 1.29 is 22.3 Å². The number of methoxy groups -OCH3 is 1. The summed E-state index contributed by atoms with van der Waals surface area (Å²) in [6.07, 6.45) is 1.29. The molecule has 0 saturated carbocycles. The molecule has 2 N–H and O–H groups in total. The fourth-order valence-electron chi connectivity index (χ4n) is 1.80. The first-order valence-corrected chi connectivity index (χ1v) is 9.18. The molecule has 0 spiro atoms. The molecule has 0 bridgehead atoms. The van der Waals surface area contributed by atoms with Crippen LogP contribution in [0.3, 0.4) is 0 Å². The van der Waals surface area contributed by atoms with Crippen molar-refractivity contribution in [1.82, 2.24) is 4.72 Å². The standard InChI is InChI=1S/C16H25FN2O4S/c1-16(2,3)24(21,22)18-10-6-5-7-15(20)19-12-8-9-14(23-4)13(17)11-12/h8-9,11,18H,5-7,10H2,1-4H3,(H,19,20). The molecule has 6 nitrogen and oxygen atoms in total. The van der Waals surface area contributed by atoms with Crippen LogP contribution in [0.5, 0.6) is 5.75 Å². The van der Waals surface area contributed by atoms with Gasteiger partial charge in [0, 0.05) is 24.7 Å². The number of amides is 1. The number of hydrogen-bond acceptors (Lipinski definition) is 4. The molecule has 0 atom stereocenters. The van der Waals surface area contributed by atoms with Gasteiger partial charge in [0.15, 0.2) is 11.6 Å². The molecule has 0 aromatic heterocycles. The third-order valence-corrected chi connectivity index (χ3v) is 5.56. The van der Waals surface area contributed by atoms with E-state index in [1.54, 1.807) is 26.8 Å². The van der Waals surface area contributed by atoms with Crippen LogP contribution >= 0.6 is 0 Å². The fourth-order valence-corrected chi connectivity index (χ4v) is 2.65. The highest BCUT2D eigenvalue weighted by molar-refractivity contribution is 7.90. The Balaban J connectivity index is 2.34. The van der Waals surface area contributed by atoms with E-state index in [9.17, 15) is 17.6 Å². The topological polar surface area (TPSA) is 84.5 Å². The Morgan fingerprint density at radius 1 is 1.25 bits per heavy atom. The maximum atomic E-state index is 13.5. The lowest BCUT2D eigenvalue weighted by atomic mass is 10.2.